The summed E-state index contributed by atoms with van der Waals surface area (Å²) in [6.45, 7) is 4.06. The Morgan fingerprint density at radius 3 is 2.67 bits per heavy atom. The van der Waals surface area contributed by atoms with Crippen LogP contribution in [0.5, 0.6) is 23.0 Å². The summed E-state index contributed by atoms with van der Waals surface area (Å²) in [4.78, 5) is 12.7. The lowest BCUT2D eigenvalue weighted by Gasteiger charge is -2.26. The van der Waals surface area contributed by atoms with E-state index in [1.165, 1.54) is 0 Å². The van der Waals surface area contributed by atoms with E-state index >= 15 is 0 Å². The van der Waals surface area contributed by atoms with Gasteiger partial charge in [-0.15, -0.1) is 0 Å². The van der Waals surface area contributed by atoms with Crippen LogP contribution in [-0.4, -0.2) is 39.4 Å². The van der Waals surface area contributed by atoms with Crippen molar-refractivity contribution in [1.29, 1.82) is 0 Å². The molecule has 0 aromatic heterocycles. The van der Waals surface area contributed by atoms with Crippen LogP contribution in [0.4, 0.5) is 0 Å². The number of aryl methyl sites for hydroxylation is 1. The molecule has 0 fully saturated rings. The van der Waals surface area contributed by atoms with Crippen LogP contribution in [0.15, 0.2) is 30.3 Å². The molecule has 2 aliphatic rings. The maximum atomic E-state index is 12.7. The summed E-state index contributed by atoms with van der Waals surface area (Å²) in [6.07, 6.45) is 0.861. The highest BCUT2D eigenvalue weighted by Gasteiger charge is 2.22. The molecular weight excluding hydrogens is 346 g/mol. The molecule has 0 unspecified atom stereocenters. The van der Waals surface area contributed by atoms with Gasteiger partial charge in [-0.05, 0) is 42.7 Å². The zero-order valence-corrected chi connectivity index (χ0v) is 15.5. The van der Waals surface area contributed by atoms with E-state index in [4.69, 9.17) is 18.9 Å². The molecular formula is C21H23NO5. The molecule has 4 rings (SSSR count). The Morgan fingerprint density at radius 1 is 1.11 bits per heavy atom. The fourth-order valence-corrected chi connectivity index (χ4v) is 3.44. The zero-order valence-electron chi connectivity index (χ0n) is 15.5. The van der Waals surface area contributed by atoms with Crippen molar-refractivity contribution in [2.24, 2.45) is 5.92 Å². The number of hydrogen-bond acceptors (Lipinski definition) is 5. The number of benzene rings is 2. The highest BCUT2D eigenvalue weighted by Crippen LogP contribution is 2.33. The van der Waals surface area contributed by atoms with Crippen molar-refractivity contribution in [2.45, 2.75) is 13.3 Å². The van der Waals surface area contributed by atoms with E-state index < -0.39 is 0 Å². The van der Waals surface area contributed by atoms with E-state index in [-0.39, 0.29) is 11.8 Å². The second-order valence-electron chi connectivity index (χ2n) is 6.88. The fraction of sp³-hybridized carbons (Fsp3) is 0.381. The van der Waals surface area contributed by atoms with Crippen LogP contribution in [0.2, 0.25) is 0 Å². The maximum absolute atomic E-state index is 12.7. The van der Waals surface area contributed by atoms with Crippen LogP contribution >= 0.6 is 0 Å². The third-order valence-electron chi connectivity index (χ3n) is 4.94. The first-order chi connectivity index (χ1) is 13.1. The fourth-order valence-electron chi connectivity index (χ4n) is 3.44. The molecule has 2 aromatic carbocycles. The molecule has 27 heavy (non-hydrogen) atoms. The van der Waals surface area contributed by atoms with E-state index in [0.717, 1.165) is 29.0 Å². The monoisotopic (exact) mass is 369 g/mol. The lowest BCUT2D eigenvalue weighted by molar-refractivity contribution is 0.0937. The minimum absolute atomic E-state index is 0.106. The first kappa shape index (κ1) is 17.5. The third-order valence-corrected chi connectivity index (χ3v) is 4.94. The molecule has 0 saturated carbocycles. The molecule has 0 spiro atoms. The predicted molar refractivity (Wildman–Crippen MR) is 100 cm³/mol. The minimum Gasteiger partial charge on any atom is -0.497 e. The molecule has 1 atom stereocenters. The lowest BCUT2D eigenvalue weighted by Crippen LogP contribution is -2.35. The molecule has 0 saturated heterocycles. The quantitative estimate of drug-likeness (QED) is 0.898. The molecule has 1 N–H and O–H groups in total. The normalized spacial score (nSPS) is 17.5. The molecule has 142 valence electrons. The van der Waals surface area contributed by atoms with Crippen molar-refractivity contribution in [3.63, 3.8) is 0 Å². The Morgan fingerprint density at radius 2 is 1.89 bits per heavy atom. The molecule has 1 amide bonds. The summed E-state index contributed by atoms with van der Waals surface area (Å²) >= 11 is 0. The molecule has 0 aliphatic carbocycles. The van der Waals surface area contributed by atoms with Crippen molar-refractivity contribution in [3.8, 4) is 23.0 Å². The van der Waals surface area contributed by atoms with Crippen LogP contribution in [0.1, 0.15) is 21.5 Å². The Labute approximate surface area is 158 Å². The summed E-state index contributed by atoms with van der Waals surface area (Å²) in [7, 11) is 1.64. The average Bonchev–Trinajstić information content (AvgIpc) is 2.70. The second-order valence-corrected chi connectivity index (χ2v) is 6.88. The smallest absolute Gasteiger partial charge is 0.251 e. The first-order valence-corrected chi connectivity index (χ1v) is 9.12. The van der Waals surface area contributed by atoms with E-state index in [1.807, 2.05) is 31.2 Å². The number of methoxy groups -OCH3 is 1. The molecule has 0 bridgehead atoms. The number of amides is 1. The van der Waals surface area contributed by atoms with Gasteiger partial charge in [0.2, 0.25) is 0 Å². The summed E-state index contributed by atoms with van der Waals surface area (Å²) < 4.78 is 22.2. The molecule has 2 aliphatic heterocycles. The number of carbonyl (C=O) groups excluding carboxylic acids is 1. The van der Waals surface area contributed by atoms with Crippen molar-refractivity contribution in [3.05, 3.63) is 47.0 Å². The number of carbonyl (C=O) groups is 1. The van der Waals surface area contributed by atoms with Gasteiger partial charge in [0.1, 0.15) is 24.7 Å². The molecule has 6 heteroatoms. The van der Waals surface area contributed by atoms with E-state index in [0.29, 0.717) is 43.4 Å². The summed E-state index contributed by atoms with van der Waals surface area (Å²) in [5.41, 5.74) is 2.62. The van der Waals surface area contributed by atoms with Crippen LogP contribution in [0, 0.1) is 12.8 Å². The largest absolute Gasteiger partial charge is 0.497 e. The van der Waals surface area contributed by atoms with Gasteiger partial charge in [0.05, 0.1) is 13.7 Å². The van der Waals surface area contributed by atoms with Gasteiger partial charge >= 0.3 is 0 Å². The summed E-state index contributed by atoms with van der Waals surface area (Å²) in [5.74, 6) is 3.09. The number of ether oxygens (including phenoxy) is 4. The Kier molecular flexibility index (Phi) is 4.79. The van der Waals surface area contributed by atoms with Gasteiger partial charge < -0.3 is 24.3 Å². The van der Waals surface area contributed by atoms with Crippen LogP contribution < -0.4 is 24.3 Å². The number of nitrogens with one attached hydrogen (secondary N) is 1. The molecule has 6 nitrogen and oxygen atoms in total. The predicted octanol–water partition coefficient (Wildman–Crippen LogP) is 2.76. The van der Waals surface area contributed by atoms with Crippen molar-refractivity contribution >= 4 is 5.91 Å². The lowest BCUT2D eigenvalue weighted by atomic mass is 9.96. The van der Waals surface area contributed by atoms with E-state index in [1.54, 1.807) is 13.2 Å². The highest BCUT2D eigenvalue weighted by molar-refractivity contribution is 5.96. The Bertz CT molecular complexity index is 864. The van der Waals surface area contributed by atoms with Gasteiger partial charge in [0, 0.05) is 24.1 Å². The average molecular weight is 369 g/mol. The van der Waals surface area contributed by atoms with Crippen LogP contribution in [0.3, 0.4) is 0 Å². The topological polar surface area (TPSA) is 66.0 Å². The standard InChI is InChI=1S/C21H23NO5/c1-13-7-19-20(26-6-5-25-19)10-17(13)21(23)22-11-14-8-15-3-4-16(24-2)9-18(15)27-12-14/h3-4,7,9-10,14H,5-6,8,11-12H2,1-2H3,(H,22,23)/t14-/m0/s1. The number of rotatable bonds is 4. The Balaban J connectivity index is 1.40. The number of hydrogen-bond donors (Lipinski definition) is 1. The van der Waals surface area contributed by atoms with Crippen LogP contribution in [-0.2, 0) is 6.42 Å². The molecule has 2 aromatic rings. The first-order valence-electron chi connectivity index (χ1n) is 9.12. The third kappa shape index (κ3) is 3.65. The number of fused-ring (bicyclic) bond motifs is 2. The van der Waals surface area contributed by atoms with E-state index in [2.05, 4.69) is 5.32 Å². The molecule has 0 radical (unpaired) electrons. The van der Waals surface area contributed by atoms with Crippen molar-refractivity contribution < 1.29 is 23.7 Å². The second kappa shape index (κ2) is 7.39. The van der Waals surface area contributed by atoms with Gasteiger partial charge in [0.15, 0.2) is 11.5 Å². The highest BCUT2D eigenvalue weighted by atomic mass is 16.6. The maximum Gasteiger partial charge on any atom is 0.251 e. The summed E-state index contributed by atoms with van der Waals surface area (Å²) in [5, 5.41) is 3.03. The Hall–Kier alpha value is -2.89. The van der Waals surface area contributed by atoms with Gasteiger partial charge in [0.25, 0.3) is 5.91 Å². The van der Waals surface area contributed by atoms with Crippen LogP contribution in [0.25, 0.3) is 0 Å². The zero-order chi connectivity index (χ0) is 18.8. The van der Waals surface area contributed by atoms with Gasteiger partial charge in [-0.2, -0.15) is 0 Å². The van der Waals surface area contributed by atoms with E-state index in [9.17, 15) is 4.79 Å². The molecule has 2 heterocycles. The van der Waals surface area contributed by atoms with Gasteiger partial charge in [-0.3, -0.25) is 4.79 Å². The van der Waals surface area contributed by atoms with Gasteiger partial charge in [-0.25, -0.2) is 0 Å². The van der Waals surface area contributed by atoms with Crippen molar-refractivity contribution in [2.75, 3.05) is 33.5 Å². The van der Waals surface area contributed by atoms with Crippen molar-refractivity contribution in [1.82, 2.24) is 5.32 Å². The minimum atomic E-state index is -0.106. The SMILES string of the molecule is COc1ccc2c(c1)OC[C@H](CNC(=O)c1cc3c(cc1C)OCCO3)C2. The van der Waals surface area contributed by atoms with Gasteiger partial charge in [-0.1, -0.05) is 6.07 Å². The summed E-state index contributed by atoms with van der Waals surface area (Å²) in [6, 6.07) is 9.48.